The van der Waals surface area contributed by atoms with Crippen molar-refractivity contribution in [1.29, 1.82) is 5.26 Å². The second-order valence-corrected chi connectivity index (χ2v) is 2.17. The smallest absolute Gasteiger partial charge is 0.0628 e. The molecule has 10 heavy (non-hydrogen) atoms. The summed E-state index contributed by atoms with van der Waals surface area (Å²) in [6.07, 6.45) is 7.37. The fourth-order valence-corrected chi connectivity index (χ4v) is 0.833. The van der Waals surface area contributed by atoms with Crippen molar-refractivity contribution in [1.82, 2.24) is 0 Å². The Bertz CT molecular complexity index is 151. The average Bonchev–Trinajstić information content (AvgIpc) is 1.90. The highest BCUT2D eigenvalue weighted by Crippen LogP contribution is 2.09. The Morgan fingerprint density at radius 1 is 1.70 bits per heavy atom. The fourth-order valence-electron chi connectivity index (χ4n) is 0.833. The first kappa shape index (κ1) is 8.97. The molecule has 0 aliphatic rings. The molecule has 0 bridgehead atoms. The van der Waals surface area contributed by atoms with Gasteiger partial charge in [-0.25, -0.2) is 0 Å². The van der Waals surface area contributed by atoms with Crippen molar-refractivity contribution in [2.45, 2.75) is 19.8 Å². The summed E-state index contributed by atoms with van der Waals surface area (Å²) in [6.45, 7) is 5.59. The van der Waals surface area contributed by atoms with Crippen LogP contribution in [0.25, 0.3) is 0 Å². The van der Waals surface area contributed by atoms with Gasteiger partial charge in [0.15, 0.2) is 0 Å². The van der Waals surface area contributed by atoms with Gasteiger partial charge in [-0.1, -0.05) is 18.2 Å². The van der Waals surface area contributed by atoms with E-state index in [0.717, 1.165) is 6.42 Å². The zero-order valence-electron chi connectivity index (χ0n) is 6.38. The molecule has 0 saturated heterocycles. The summed E-state index contributed by atoms with van der Waals surface area (Å²) in [7, 11) is 0. The second kappa shape index (κ2) is 6.10. The van der Waals surface area contributed by atoms with Crippen LogP contribution in [0.2, 0.25) is 0 Å². The lowest BCUT2D eigenvalue weighted by molar-refractivity contribution is 0.682. The highest BCUT2D eigenvalue weighted by Gasteiger charge is 1.98. The molecular formula is C9H13N. The summed E-state index contributed by atoms with van der Waals surface area (Å²) in [4.78, 5) is 0. The van der Waals surface area contributed by atoms with Gasteiger partial charge in [0.1, 0.15) is 0 Å². The molecule has 0 radical (unpaired) electrons. The SMILES string of the molecule is C=CCC(C=CC)CC#N. The van der Waals surface area contributed by atoms with Crippen molar-refractivity contribution in [2.75, 3.05) is 0 Å². The number of nitrogens with zero attached hydrogens (tertiary/aromatic N) is 1. The standard InChI is InChI=1S/C9H13N/c1-3-5-9(6-4-2)7-8-10/h3-4,6,9H,1,5,7H2,2H3. The van der Waals surface area contributed by atoms with Crippen LogP contribution in [0.15, 0.2) is 24.8 Å². The van der Waals surface area contributed by atoms with Gasteiger partial charge in [0.25, 0.3) is 0 Å². The molecule has 0 fully saturated rings. The third-order valence-electron chi connectivity index (χ3n) is 1.29. The fraction of sp³-hybridized carbons (Fsp3) is 0.444. The Morgan fingerprint density at radius 2 is 2.40 bits per heavy atom. The molecule has 0 heterocycles. The van der Waals surface area contributed by atoms with Gasteiger partial charge in [-0.3, -0.25) is 0 Å². The summed E-state index contributed by atoms with van der Waals surface area (Å²) in [5.74, 6) is 0.368. The Kier molecular flexibility index (Phi) is 5.47. The van der Waals surface area contributed by atoms with Crippen molar-refractivity contribution in [3.8, 4) is 6.07 Å². The normalized spacial score (nSPS) is 12.8. The minimum atomic E-state index is 0.368. The highest BCUT2D eigenvalue weighted by atomic mass is 14.2. The molecule has 54 valence electrons. The lowest BCUT2D eigenvalue weighted by Gasteiger charge is -2.01. The lowest BCUT2D eigenvalue weighted by Crippen LogP contribution is -1.91. The van der Waals surface area contributed by atoms with Gasteiger partial charge in [0, 0.05) is 6.42 Å². The molecule has 0 spiro atoms. The molecule has 0 aromatic rings. The first-order valence-electron chi connectivity index (χ1n) is 3.45. The van der Waals surface area contributed by atoms with E-state index in [-0.39, 0.29) is 0 Å². The summed E-state index contributed by atoms with van der Waals surface area (Å²) in [5, 5.41) is 8.37. The molecule has 0 aliphatic carbocycles. The van der Waals surface area contributed by atoms with E-state index in [9.17, 15) is 0 Å². The summed E-state index contributed by atoms with van der Waals surface area (Å²) in [5.41, 5.74) is 0. The Labute approximate surface area is 62.7 Å². The highest BCUT2D eigenvalue weighted by molar-refractivity contribution is 4.93. The van der Waals surface area contributed by atoms with Crippen LogP contribution in [0.3, 0.4) is 0 Å². The number of rotatable bonds is 4. The number of allylic oxidation sites excluding steroid dienone is 3. The maximum Gasteiger partial charge on any atom is 0.0628 e. The lowest BCUT2D eigenvalue weighted by atomic mass is 10.0. The third-order valence-corrected chi connectivity index (χ3v) is 1.29. The van der Waals surface area contributed by atoms with Crippen molar-refractivity contribution in [2.24, 2.45) is 5.92 Å². The topological polar surface area (TPSA) is 23.8 Å². The van der Waals surface area contributed by atoms with Crippen LogP contribution in [-0.2, 0) is 0 Å². The minimum Gasteiger partial charge on any atom is -0.198 e. The van der Waals surface area contributed by atoms with Gasteiger partial charge in [-0.2, -0.15) is 5.26 Å². The number of hydrogen-bond acceptors (Lipinski definition) is 1. The molecule has 0 N–H and O–H groups in total. The first-order valence-corrected chi connectivity index (χ1v) is 3.45. The van der Waals surface area contributed by atoms with E-state index >= 15 is 0 Å². The summed E-state index contributed by atoms with van der Waals surface area (Å²) in [6, 6.07) is 2.14. The van der Waals surface area contributed by atoms with Crippen LogP contribution < -0.4 is 0 Å². The minimum absolute atomic E-state index is 0.368. The van der Waals surface area contributed by atoms with E-state index in [4.69, 9.17) is 5.26 Å². The van der Waals surface area contributed by atoms with E-state index in [0.29, 0.717) is 12.3 Å². The van der Waals surface area contributed by atoms with Gasteiger partial charge in [-0.05, 0) is 19.3 Å². The largest absolute Gasteiger partial charge is 0.198 e. The molecule has 0 rings (SSSR count). The van der Waals surface area contributed by atoms with Crippen molar-refractivity contribution < 1.29 is 0 Å². The number of hydrogen-bond donors (Lipinski definition) is 0. The quantitative estimate of drug-likeness (QED) is 0.544. The monoisotopic (exact) mass is 135 g/mol. The van der Waals surface area contributed by atoms with E-state index < -0.39 is 0 Å². The van der Waals surface area contributed by atoms with Crippen molar-refractivity contribution >= 4 is 0 Å². The zero-order valence-corrected chi connectivity index (χ0v) is 6.38. The molecule has 1 nitrogen and oxygen atoms in total. The maximum absolute atomic E-state index is 8.37. The molecular weight excluding hydrogens is 122 g/mol. The van der Waals surface area contributed by atoms with Crippen LogP contribution in [0.1, 0.15) is 19.8 Å². The van der Waals surface area contributed by atoms with Crippen LogP contribution in [0, 0.1) is 17.2 Å². The average molecular weight is 135 g/mol. The van der Waals surface area contributed by atoms with Crippen LogP contribution in [-0.4, -0.2) is 0 Å². The molecule has 0 aliphatic heterocycles. The van der Waals surface area contributed by atoms with Crippen LogP contribution >= 0.6 is 0 Å². The zero-order chi connectivity index (χ0) is 7.82. The van der Waals surface area contributed by atoms with E-state index in [1.165, 1.54) is 0 Å². The molecule has 0 amide bonds. The van der Waals surface area contributed by atoms with E-state index in [1.54, 1.807) is 0 Å². The molecule has 1 atom stereocenters. The van der Waals surface area contributed by atoms with Crippen molar-refractivity contribution in [3.63, 3.8) is 0 Å². The van der Waals surface area contributed by atoms with Gasteiger partial charge in [-0.15, -0.1) is 6.58 Å². The van der Waals surface area contributed by atoms with Crippen molar-refractivity contribution in [3.05, 3.63) is 24.8 Å². The third kappa shape index (κ3) is 3.91. The summed E-state index contributed by atoms with van der Waals surface area (Å²) < 4.78 is 0. The van der Waals surface area contributed by atoms with E-state index in [2.05, 4.69) is 12.6 Å². The Morgan fingerprint density at radius 3 is 2.80 bits per heavy atom. The predicted molar refractivity (Wildman–Crippen MR) is 43.3 cm³/mol. The maximum atomic E-state index is 8.37. The van der Waals surface area contributed by atoms with Gasteiger partial charge in [0.2, 0.25) is 0 Å². The van der Waals surface area contributed by atoms with E-state index in [1.807, 2.05) is 25.2 Å². The van der Waals surface area contributed by atoms with Crippen LogP contribution in [0.5, 0.6) is 0 Å². The first-order chi connectivity index (χ1) is 4.85. The molecule has 1 unspecified atom stereocenters. The molecule has 0 saturated carbocycles. The van der Waals surface area contributed by atoms with Gasteiger partial charge < -0.3 is 0 Å². The van der Waals surface area contributed by atoms with Crippen LogP contribution in [0.4, 0.5) is 0 Å². The number of nitriles is 1. The Balaban J connectivity index is 3.74. The van der Waals surface area contributed by atoms with Gasteiger partial charge >= 0.3 is 0 Å². The predicted octanol–water partition coefficient (Wildman–Crippen LogP) is 2.67. The molecule has 1 heteroatoms. The Hall–Kier alpha value is -1.03. The molecule has 0 aromatic heterocycles. The summed E-state index contributed by atoms with van der Waals surface area (Å²) >= 11 is 0. The molecule has 0 aromatic carbocycles. The van der Waals surface area contributed by atoms with Gasteiger partial charge in [0.05, 0.1) is 6.07 Å². The second-order valence-electron chi connectivity index (χ2n) is 2.17.